The summed E-state index contributed by atoms with van der Waals surface area (Å²) in [5.74, 6) is -0.960. The van der Waals surface area contributed by atoms with Crippen molar-refractivity contribution in [2.45, 2.75) is 58.0 Å². The summed E-state index contributed by atoms with van der Waals surface area (Å²) in [5.41, 5.74) is -0.495. The lowest BCUT2D eigenvalue weighted by molar-refractivity contribution is -0.137. The van der Waals surface area contributed by atoms with Crippen molar-refractivity contribution in [3.8, 4) is 11.3 Å². The van der Waals surface area contributed by atoms with Crippen LogP contribution in [-0.4, -0.2) is 66.0 Å². The molecule has 1 saturated heterocycles. The number of thiazole rings is 1. The number of fused-ring (bicyclic) bond motifs is 1. The van der Waals surface area contributed by atoms with Crippen LogP contribution in [0.3, 0.4) is 0 Å². The Morgan fingerprint density at radius 1 is 1.14 bits per heavy atom. The van der Waals surface area contributed by atoms with Gasteiger partial charge >= 0.3 is 12.3 Å². The number of hydrogen-bond acceptors (Lipinski definition) is 9. The third-order valence-electron chi connectivity index (χ3n) is 6.46. The van der Waals surface area contributed by atoms with Crippen LogP contribution < -0.4 is 10.6 Å². The Morgan fingerprint density at radius 2 is 1.89 bits per heavy atom. The minimum Gasteiger partial charge on any atom is -0.444 e. The smallest absolute Gasteiger partial charge is 0.417 e. The number of amides is 3. The first-order valence-electron chi connectivity index (χ1n) is 13.2. The Kier molecular flexibility index (Phi) is 8.24. The third-order valence-corrected chi connectivity index (χ3v) is 7.68. The molecule has 1 aromatic carbocycles. The number of nitrogens with zero attached hydrogens (tertiary/aromatic N) is 6. The van der Waals surface area contributed by atoms with E-state index >= 15 is 0 Å². The quantitative estimate of drug-likeness (QED) is 0.277. The highest BCUT2D eigenvalue weighted by molar-refractivity contribution is 7.21. The monoisotopic (exact) mass is 650 g/mol. The highest BCUT2D eigenvalue weighted by Gasteiger charge is 2.43. The normalized spacial score (nSPS) is 17.1. The molecule has 0 bridgehead atoms. The number of pyridine rings is 1. The molecular weight excluding hydrogens is 625 g/mol. The summed E-state index contributed by atoms with van der Waals surface area (Å²) in [6.07, 6.45) is -2.18. The number of carbonyl (C=O) groups excluding carboxylic acids is 3. The second kappa shape index (κ2) is 11.6. The molecule has 0 spiro atoms. The van der Waals surface area contributed by atoms with Gasteiger partial charge in [-0.2, -0.15) is 13.2 Å². The summed E-state index contributed by atoms with van der Waals surface area (Å²) >= 11 is 6.93. The van der Waals surface area contributed by atoms with Crippen LogP contribution in [0.5, 0.6) is 0 Å². The van der Waals surface area contributed by atoms with Gasteiger partial charge in [0.2, 0.25) is 11.8 Å². The molecule has 44 heavy (non-hydrogen) atoms. The van der Waals surface area contributed by atoms with Crippen LogP contribution in [0.25, 0.3) is 21.6 Å². The SMILES string of the molecule is CC(=O)Nc1nc2cc(-c3cn([C@H]4C[C@@H](C(=O)Nc5ccc(Cl)c(C(F)(F)F)c5)N(C(=O)OC(C)(C)C)C4)nn3)cnc2s1. The Bertz CT molecular complexity index is 1750. The van der Waals surface area contributed by atoms with Crippen LogP contribution in [0.1, 0.15) is 45.7 Å². The number of benzene rings is 1. The summed E-state index contributed by atoms with van der Waals surface area (Å²) in [6.45, 7) is 6.43. The largest absolute Gasteiger partial charge is 0.444 e. The fourth-order valence-corrected chi connectivity index (χ4v) is 5.64. The minimum absolute atomic E-state index is 0.0215. The number of alkyl halides is 3. The van der Waals surface area contributed by atoms with Crippen LogP contribution in [0.4, 0.5) is 28.8 Å². The highest BCUT2D eigenvalue weighted by atomic mass is 35.5. The van der Waals surface area contributed by atoms with E-state index in [1.54, 1.807) is 39.2 Å². The third kappa shape index (κ3) is 6.91. The average Bonchev–Trinajstić information content (AvgIpc) is 3.65. The zero-order valence-electron chi connectivity index (χ0n) is 23.8. The topological polar surface area (TPSA) is 144 Å². The summed E-state index contributed by atoms with van der Waals surface area (Å²) < 4.78 is 47.2. The van der Waals surface area contributed by atoms with Gasteiger partial charge in [-0.1, -0.05) is 28.2 Å². The molecule has 0 radical (unpaired) electrons. The Labute approximate surface area is 257 Å². The molecule has 0 saturated carbocycles. The maximum atomic E-state index is 13.4. The second-order valence-corrected chi connectivity index (χ2v) is 12.4. The zero-order chi connectivity index (χ0) is 32.0. The Balaban J connectivity index is 1.38. The maximum absolute atomic E-state index is 13.4. The first-order chi connectivity index (χ1) is 20.6. The lowest BCUT2D eigenvalue weighted by Gasteiger charge is -2.28. The van der Waals surface area contributed by atoms with Gasteiger partial charge in [-0.15, -0.1) is 5.10 Å². The molecule has 0 aliphatic carbocycles. The van der Waals surface area contributed by atoms with E-state index in [9.17, 15) is 27.6 Å². The van der Waals surface area contributed by atoms with Crippen LogP contribution >= 0.6 is 22.9 Å². The Hall–Kier alpha value is -4.31. The molecule has 12 nitrogen and oxygen atoms in total. The Morgan fingerprint density at radius 3 is 2.57 bits per heavy atom. The average molecular weight is 651 g/mol. The highest BCUT2D eigenvalue weighted by Crippen LogP contribution is 2.37. The first-order valence-corrected chi connectivity index (χ1v) is 14.4. The molecular formula is C27H26ClF3N8O4S. The van der Waals surface area contributed by atoms with Crippen LogP contribution in [-0.2, 0) is 20.5 Å². The number of carbonyl (C=O) groups is 3. The van der Waals surface area contributed by atoms with Gasteiger partial charge in [0.15, 0.2) is 5.13 Å². The molecule has 17 heteroatoms. The molecule has 1 fully saturated rings. The van der Waals surface area contributed by atoms with Gasteiger partial charge in [0, 0.05) is 37.3 Å². The van der Waals surface area contributed by atoms with E-state index in [-0.39, 0.29) is 24.6 Å². The van der Waals surface area contributed by atoms with E-state index in [1.165, 1.54) is 33.9 Å². The van der Waals surface area contributed by atoms with E-state index in [0.717, 1.165) is 12.1 Å². The summed E-state index contributed by atoms with van der Waals surface area (Å²) in [6, 6.07) is 3.16. The van der Waals surface area contributed by atoms with E-state index in [1.807, 2.05) is 0 Å². The molecule has 2 N–H and O–H groups in total. The fraction of sp³-hybridized carbons (Fsp3) is 0.370. The van der Waals surface area contributed by atoms with Crippen molar-refractivity contribution >= 4 is 62.0 Å². The van der Waals surface area contributed by atoms with Crippen LogP contribution in [0.15, 0.2) is 36.7 Å². The summed E-state index contributed by atoms with van der Waals surface area (Å²) in [7, 11) is 0. The number of halogens is 4. The summed E-state index contributed by atoms with van der Waals surface area (Å²) in [5, 5.41) is 13.4. The number of aromatic nitrogens is 5. The lowest BCUT2D eigenvalue weighted by Crippen LogP contribution is -2.45. The van der Waals surface area contributed by atoms with E-state index in [4.69, 9.17) is 16.3 Å². The number of anilines is 2. The zero-order valence-corrected chi connectivity index (χ0v) is 25.3. The number of hydrogen-bond donors (Lipinski definition) is 2. The van der Waals surface area contributed by atoms with Crippen LogP contribution in [0.2, 0.25) is 5.02 Å². The van der Waals surface area contributed by atoms with Crippen molar-refractivity contribution in [3.05, 3.63) is 47.2 Å². The molecule has 1 aliphatic heterocycles. The van der Waals surface area contributed by atoms with Gasteiger partial charge in [0.1, 0.15) is 27.7 Å². The van der Waals surface area contributed by atoms with Crippen molar-refractivity contribution in [2.24, 2.45) is 0 Å². The number of ether oxygens (including phenoxy) is 1. The fourth-order valence-electron chi connectivity index (χ4n) is 4.58. The van der Waals surface area contributed by atoms with Crippen molar-refractivity contribution in [2.75, 3.05) is 17.2 Å². The van der Waals surface area contributed by atoms with E-state index in [2.05, 4.69) is 30.9 Å². The first kappa shape index (κ1) is 31.1. The number of likely N-dealkylation sites (tertiary alicyclic amines) is 1. The lowest BCUT2D eigenvalue weighted by atomic mass is 10.1. The molecule has 5 rings (SSSR count). The molecule has 3 aromatic heterocycles. The minimum atomic E-state index is -4.73. The molecule has 3 amide bonds. The van der Waals surface area contributed by atoms with Crippen molar-refractivity contribution < 1.29 is 32.3 Å². The predicted octanol–water partition coefficient (Wildman–Crippen LogP) is 5.77. The molecule has 4 aromatic rings. The molecule has 1 aliphatic rings. The van der Waals surface area contributed by atoms with E-state index in [0.29, 0.717) is 26.7 Å². The van der Waals surface area contributed by atoms with Gasteiger partial charge in [0.25, 0.3) is 0 Å². The van der Waals surface area contributed by atoms with E-state index < -0.39 is 46.4 Å². The molecule has 0 unspecified atom stereocenters. The molecule has 4 heterocycles. The van der Waals surface area contributed by atoms with Crippen molar-refractivity contribution in [1.29, 1.82) is 0 Å². The second-order valence-electron chi connectivity index (χ2n) is 11.1. The van der Waals surface area contributed by atoms with Gasteiger partial charge in [-0.3, -0.25) is 14.5 Å². The molecule has 2 atom stereocenters. The molecule has 232 valence electrons. The number of nitrogens with one attached hydrogen (secondary N) is 2. The van der Waals surface area contributed by atoms with Gasteiger partial charge in [-0.05, 0) is 45.0 Å². The van der Waals surface area contributed by atoms with Gasteiger partial charge in [-0.25, -0.2) is 19.4 Å². The van der Waals surface area contributed by atoms with Crippen molar-refractivity contribution in [1.82, 2.24) is 29.9 Å². The standard InChI is InChI=1S/C27H26ClF3N8O4S/c1-13(40)33-24-35-19-7-14(10-32-23(19)44-24)20-12-39(37-36-20)16-9-21(38(11-16)25(42)43-26(2,3)4)22(41)34-15-5-6-18(28)17(8-15)27(29,30)31/h5-8,10,12,16,21H,9,11H2,1-4H3,(H,34,41)(H,33,35,40)/t16-,21-/m0/s1. The maximum Gasteiger partial charge on any atom is 0.417 e. The van der Waals surface area contributed by atoms with Gasteiger partial charge in [0.05, 0.1) is 22.8 Å². The van der Waals surface area contributed by atoms with Gasteiger partial charge < -0.3 is 15.4 Å². The summed E-state index contributed by atoms with van der Waals surface area (Å²) in [4.78, 5) is 48.5. The van der Waals surface area contributed by atoms with Crippen LogP contribution in [0, 0.1) is 0 Å². The predicted molar refractivity (Wildman–Crippen MR) is 156 cm³/mol. The van der Waals surface area contributed by atoms with Crippen molar-refractivity contribution in [3.63, 3.8) is 0 Å². The number of rotatable bonds is 5.